The summed E-state index contributed by atoms with van der Waals surface area (Å²) in [6, 6.07) is 26.9. The summed E-state index contributed by atoms with van der Waals surface area (Å²) in [5.41, 5.74) is 3.48. The SMILES string of the molecule is CCOC(=O)Oc1ccc(/C=C/C=C/C(=O)NCCCN2CCN(C(c3ccccc3)c3ccccc3)CC2)cc1OC. The summed E-state index contributed by atoms with van der Waals surface area (Å²) in [5.74, 6) is 0.558. The summed E-state index contributed by atoms with van der Waals surface area (Å²) in [4.78, 5) is 28.9. The van der Waals surface area contributed by atoms with E-state index in [9.17, 15) is 9.59 Å². The fraction of sp³-hybridized carbons (Fsp3) is 0.314. The van der Waals surface area contributed by atoms with Crippen molar-refractivity contribution in [1.82, 2.24) is 15.1 Å². The number of allylic oxidation sites excluding steroid dienone is 2. The van der Waals surface area contributed by atoms with Gasteiger partial charge in [-0.25, -0.2) is 4.79 Å². The van der Waals surface area contributed by atoms with Crippen LogP contribution in [0.2, 0.25) is 0 Å². The van der Waals surface area contributed by atoms with Crippen LogP contribution in [0.15, 0.2) is 97.1 Å². The second-order valence-electron chi connectivity index (χ2n) is 10.2. The standard InChI is InChI=1S/C35H41N3O5/c1-3-42-35(40)43-31-20-19-28(27-32(31)41-2)13-10-11-18-33(39)36-21-12-22-37-23-25-38(26-24-37)34(29-14-6-4-7-15-29)30-16-8-5-9-17-30/h4-11,13-20,27,34H,3,12,21-26H2,1-2H3,(H,36,39)/b13-10+,18-11+. The van der Waals surface area contributed by atoms with Crippen LogP contribution >= 0.6 is 0 Å². The summed E-state index contributed by atoms with van der Waals surface area (Å²) in [6.45, 7) is 7.54. The molecule has 0 aliphatic carbocycles. The zero-order valence-corrected chi connectivity index (χ0v) is 25.0. The smallest absolute Gasteiger partial charge is 0.493 e. The van der Waals surface area contributed by atoms with Gasteiger partial charge >= 0.3 is 6.16 Å². The van der Waals surface area contributed by atoms with Gasteiger partial charge in [0.1, 0.15) is 0 Å². The Kier molecular flexibility index (Phi) is 12.4. The van der Waals surface area contributed by atoms with E-state index in [0.29, 0.717) is 12.3 Å². The second-order valence-corrected chi connectivity index (χ2v) is 10.2. The third-order valence-corrected chi connectivity index (χ3v) is 7.24. The molecule has 3 aromatic rings. The molecule has 3 aromatic carbocycles. The number of carbonyl (C=O) groups excluding carboxylic acids is 2. The average molecular weight is 584 g/mol. The molecule has 0 radical (unpaired) electrons. The Morgan fingerprint density at radius 2 is 1.56 bits per heavy atom. The van der Waals surface area contributed by atoms with Gasteiger partial charge in [-0.05, 0) is 48.7 Å². The van der Waals surface area contributed by atoms with Gasteiger partial charge < -0.3 is 24.4 Å². The lowest BCUT2D eigenvalue weighted by atomic mass is 9.96. The maximum atomic E-state index is 12.3. The van der Waals surface area contributed by atoms with Gasteiger partial charge in [0.2, 0.25) is 5.91 Å². The third kappa shape index (κ3) is 9.84. The predicted molar refractivity (Wildman–Crippen MR) is 169 cm³/mol. The zero-order valence-electron chi connectivity index (χ0n) is 25.0. The number of nitrogens with zero attached hydrogens (tertiary/aromatic N) is 2. The molecule has 1 heterocycles. The molecule has 0 atom stereocenters. The minimum Gasteiger partial charge on any atom is -0.493 e. The lowest BCUT2D eigenvalue weighted by Gasteiger charge is -2.39. The van der Waals surface area contributed by atoms with Crippen LogP contribution in [0.4, 0.5) is 4.79 Å². The molecule has 0 bridgehead atoms. The Morgan fingerprint density at radius 1 is 0.884 bits per heavy atom. The van der Waals surface area contributed by atoms with E-state index in [0.717, 1.165) is 44.7 Å². The van der Waals surface area contributed by atoms with Crippen molar-refractivity contribution in [2.75, 3.05) is 53.0 Å². The van der Waals surface area contributed by atoms with E-state index < -0.39 is 6.16 Å². The zero-order chi connectivity index (χ0) is 30.3. The quantitative estimate of drug-likeness (QED) is 0.0907. The van der Waals surface area contributed by atoms with Gasteiger partial charge in [-0.1, -0.05) is 85.0 Å². The first-order chi connectivity index (χ1) is 21.1. The molecular formula is C35H41N3O5. The number of carbonyl (C=O) groups is 2. The Labute approximate surface area is 254 Å². The van der Waals surface area contributed by atoms with Gasteiger partial charge in [-0.2, -0.15) is 0 Å². The Balaban J connectivity index is 1.17. The van der Waals surface area contributed by atoms with Crippen LogP contribution in [-0.4, -0.2) is 74.8 Å². The highest BCUT2D eigenvalue weighted by Gasteiger charge is 2.26. The van der Waals surface area contributed by atoms with Gasteiger partial charge in [-0.3, -0.25) is 9.69 Å². The van der Waals surface area contributed by atoms with Gasteiger partial charge in [-0.15, -0.1) is 0 Å². The van der Waals surface area contributed by atoms with Gasteiger partial charge in [0.05, 0.1) is 19.8 Å². The van der Waals surface area contributed by atoms with Crippen molar-refractivity contribution in [3.05, 3.63) is 114 Å². The first-order valence-electron chi connectivity index (χ1n) is 14.8. The number of ether oxygens (including phenoxy) is 3. The molecule has 1 N–H and O–H groups in total. The van der Waals surface area contributed by atoms with Crippen molar-refractivity contribution in [1.29, 1.82) is 0 Å². The number of piperazine rings is 1. The van der Waals surface area contributed by atoms with E-state index in [1.165, 1.54) is 24.3 Å². The van der Waals surface area contributed by atoms with Crippen molar-refractivity contribution in [2.24, 2.45) is 0 Å². The molecule has 226 valence electrons. The number of methoxy groups -OCH3 is 1. The van der Waals surface area contributed by atoms with E-state index in [1.807, 2.05) is 6.08 Å². The normalized spacial score (nSPS) is 14.3. The van der Waals surface area contributed by atoms with E-state index in [1.54, 1.807) is 37.3 Å². The van der Waals surface area contributed by atoms with E-state index in [4.69, 9.17) is 14.2 Å². The van der Waals surface area contributed by atoms with Crippen LogP contribution in [-0.2, 0) is 9.53 Å². The summed E-state index contributed by atoms with van der Waals surface area (Å²) < 4.78 is 15.2. The molecule has 0 aromatic heterocycles. The van der Waals surface area contributed by atoms with E-state index >= 15 is 0 Å². The van der Waals surface area contributed by atoms with E-state index in [2.05, 4.69) is 75.8 Å². The van der Waals surface area contributed by atoms with Crippen molar-refractivity contribution < 1.29 is 23.8 Å². The van der Waals surface area contributed by atoms with Crippen molar-refractivity contribution >= 4 is 18.1 Å². The molecule has 1 saturated heterocycles. The maximum absolute atomic E-state index is 12.3. The van der Waals surface area contributed by atoms with Crippen LogP contribution in [0.3, 0.4) is 0 Å². The average Bonchev–Trinajstić information content (AvgIpc) is 3.04. The fourth-order valence-electron chi connectivity index (χ4n) is 5.12. The molecule has 1 fully saturated rings. The highest BCUT2D eigenvalue weighted by Crippen LogP contribution is 2.30. The summed E-state index contributed by atoms with van der Waals surface area (Å²) in [5, 5.41) is 2.97. The molecule has 0 saturated carbocycles. The highest BCUT2D eigenvalue weighted by atomic mass is 16.7. The molecule has 0 spiro atoms. The number of hydrogen-bond acceptors (Lipinski definition) is 7. The minimum absolute atomic E-state index is 0.126. The molecule has 0 unspecified atom stereocenters. The molecule has 1 aliphatic rings. The Hall–Kier alpha value is -4.40. The number of nitrogens with one attached hydrogen (secondary N) is 1. The molecule has 1 aliphatic heterocycles. The monoisotopic (exact) mass is 583 g/mol. The van der Waals surface area contributed by atoms with Crippen LogP contribution in [0, 0.1) is 0 Å². The third-order valence-electron chi connectivity index (χ3n) is 7.24. The maximum Gasteiger partial charge on any atom is 0.513 e. The fourth-order valence-corrected chi connectivity index (χ4v) is 5.12. The van der Waals surface area contributed by atoms with Gasteiger partial charge in [0.25, 0.3) is 0 Å². The van der Waals surface area contributed by atoms with Gasteiger partial charge in [0.15, 0.2) is 11.5 Å². The largest absolute Gasteiger partial charge is 0.513 e. The first kappa shape index (κ1) is 31.5. The Morgan fingerprint density at radius 3 is 2.19 bits per heavy atom. The molecule has 4 rings (SSSR count). The number of benzene rings is 3. The van der Waals surface area contributed by atoms with Crippen molar-refractivity contribution in [2.45, 2.75) is 19.4 Å². The van der Waals surface area contributed by atoms with Gasteiger partial charge in [0, 0.05) is 38.8 Å². The predicted octanol–water partition coefficient (Wildman–Crippen LogP) is 5.71. The lowest BCUT2D eigenvalue weighted by molar-refractivity contribution is -0.116. The molecule has 1 amide bonds. The van der Waals surface area contributed by atoms with Crippen molar-refractivity contribution in [3.63, 3.8) is 0 Å². The number of amides is 1. The summed E-state index contributed by atoms with van der Waals surface area (Å²) in [6.07, 6.45) is 6.93. The second kappa shape index (κ2) is 16.9. The first-order valence-corrected chi connectivity index (χ1v) is 14.8. The summed E-state index contributed by atoms with van der Waals surface area (Å²) >= 11 is 0. The minimum atomic E-state index is -0.781. The van der Waals surface area contributed by atoms with Crippen LogP contribution < -0.4 is 14.8 Å². The molecule has 8 heteroatoms. The molecular weight excluding hydrogens is 542 g/mol. The topological polar surface area (TPSA) is 80.3 Å². The van der Waals surface area contributed by atoms with Crippen molar-refractivity contribution in [3.8, 4) is 11.5 Å². The number of hydrogen-bond donors (Lipinski definition) is 1. The molecule has 8 nitrogen and oxygen atoms in total. The van der Waals surface area contributed by atoms with Crippen LogP contribution in [0.5, 0.6) is 11.5 Å². The summed E-state index contributed by atoms with van der Waals surface area (Å²) in [7, 11) is 1.50. The van der Waals surface area contributed by atoms with Crippen LogP contribution in [0.1, 0.15) is 36.1 Å². The molecule has 43 heavy (non-hydrogen) atoms. The van der Waals surface area contributed by atoms with E-state index in [-0.39, 0.29) is 24.3 Å². The van der Waals surface area contributed by atoms with Crippen LogP contribution in [0.25, 0.3) is 6.08 Å². The highest BCUT2D eigenvalue weighted by molar-refractivity contribution is 5.87. The lowest BCUT2D eigenvalue weighted by Crippen LogP contribution is -2.48. The number of rotatable bonds is 13. The Bertz CT molecular complexity index is 1310.